The summed E-state index contributed by atoms with van der Waals surface area (Å²) >= 11 is 0. The molecule has 1 aromatic heterocycles. The standard InChI is InChI=1S/C30H27FN2O5/c1-18-10-12-22(14-20(18)3)36-16-25(30(34)35-5)24-8-6-7-9-26(24)38-29-27(31)28(32-17-33-29)37-23-13-11-19(2)21(4)15-23/h6-17H,1-5H3. The fourth-order valence-corrected chi connectivity index (χ4v) is 3.50. The van der Waals surface area contributed by atoms with Crippen molar-refractivity contribution in [1.82, 2.24) is 9.97 Å². The average Bonchev–Trinajstić information content (AvgIpc) is 2.91. The van der Waals surface area contributed by atoms with Crippen LogP contribution in [0.2, 0.25) is 0 Å². The van der Waals surface area contributed by atoms with Gasteiger partial charge >= 0.3 is 5.97 Å². The monoisotopic (exact) mass is 514 g/mol. The highest BCUT2D eigenvalue weighted by Gasteiger charge is 2.21. The molecule has 0 aliphatic rings. The quantitative estimate of drug-likeness (QED) is 0.142. The Morgan fingerprint density at radius 1 is 0.789 bits per heavy atom. The molecule has 7 nitrogen and oxygen atoms in total. The molecular weight excluding hydrogens is 487 g/mol. The van der Waals surface area contributed by atoms with Crippen LogP contribution in [-0.4, -0.2) is 23.0 Å². The summed E-state index contributed by atoms with van der Waals surface area (Å²) in [5.41, 5.74) is 4.61. The van der Waals surface area contributed by atoms with Crippen LogP contribution in [0.15, 0.2) is 73.3 Å². The highest BCUT2D eigenvalue weighted by atomic mass is 19.1. The third kappa shape index (κ3) is 5.98. The van der Waals surface area contributed by atoms with Crippen LogP contribution in [0, 0.1) is 33.5 Å². The Morgan fingerprint density at radius 2 is 1.39 bits per heavy atom. The smallest absolute Gasteiger partial charge is 0.341 e. The number of aromatic nitrogens is 2. The van der Waals surface area contributed by atoms with Crippen LogP contribution >= 0.6 is 0 Å². The molecule has 0 aliphatic heterocycles. The van der Waals surface area contributed by atoms with E-state index in [-0.39, 0.29) is 23.1 Å². The molecular formula is C30H27FN2O5. The van der Waals surface area contributed by atoms with Crippen LogP contribution < -0.4 is 14.2 Å². The van der Waals surface area contributed by atoms with Crippen molar-refractivity contribution in [3.63, 3.8) is 0 Å². The minimum absolute atomic E-state index is 0.0717. The van der Waals surface area contributed by atoms with Crippen LogP contribution in [0.5, 0.6) is 29.0 Å². The third-order valence-corrected chi connectivity index (χ3v) is 6.00. The molecule has 0 radical (unpaired) electrons. The highest BCUT2D eigenvalue weighted by Crippen LogP contribution is 2.34. The summed E-state index contributed by atoms with van der Waals surface area (Å²) in [7, 11) is 1.26. The normalized spacial score (nSPS) is 11.2. The second kappa shape index (κ2) is 11.6. The summed E-state index contributed by atoms with van der Waals surface area (Å²) in [6, 6.07) is 17.6. The SMILES string of the molecule is COC(=O)C(=COc1ccc(C)c(C)c1)c1ccccc1Oc1ncnc(Oc2ccc(C)c(C)c2)c1F. The summed E-state index contributed by atoms with van der Waals surface area (Å²) in [6.45, 7) is 7.86. The second-order valence-electron chi connectivity index (χ2n) is 8.63. The zero-order valence-corrected chi connectivity index (χ0v) is 21.7. The van der Waals surface area contributed by atoms with Crippen molar-refractivity contribution in [3.05, 3.63) is 107 Å². The molecule has 0 saturated carbocycles. The zero-order valence-electron chi connectivity index (χ0n) is 21.7. The maximum atomic E-state index is 15.3. The first-order valence-electron chi connectivity index (χ1n) is 11.8. The molecule has 0 N–H and O–H groups in total. The van der Waals surface area contributed by atoms with Crippen LogP contribution in [0.3, 0.4) is 0 Å². The number of aryl methyl sites for hydroxylation is 4. The van der Waals surface area contributed by atoms with E-state index in [4.69, 9.17) is 18.9 Å². The second-order valence-corrected chi connectivity index (χ2v) is 8.63. The topological polar surface area (TPSA) is 79.8 Å². The van der Waals surface area contributed by atoms with Crippen LogP contribution in [0.25, 0.3) is 5.57 Å². The Balaban J connectivity index is 1.65. The van der Waals surface area contributed by atoms with Gasteiger partial charge in [-0.3, -0.25) is 0 Å². The van der Waals surface area contributed by atoms with E-state index in [2.05, 4.69) is 9.97 Å². The number of para-hydroxylation sites is 1. The molecule has 8 heteroatoms. The van der Waals surface area contributed by atoms with Gasteiger partial charge in [0.15, 0.2) is 0 Å². The number of ether oxygens (including phenoxy) is 4. The van der Waals surface area contributed by atoms with Gasteiger partial charge in [-0.25, -0.2) is 4.79 Å². The number of halogens is 1. The fourth-order valence-electron chi connectivity index (χ4n) is 3.50. The van der Waals surface area contributed by atoms with E-state index < -0.39 is 11.8 Å². The lowest BCUT2D eigenvalue weighted by molar-refractivity contribution is -0.133. The first kappa shape index (κ1) is 26.3. The maximum Gasteiger partial charge on any atom is 0.341 e. The molecule has 0 spiro atoms. The third-order valence-electron chi connectivity index (χ3n) is 6.00. The van der Waals surface area contributed by atoms with E-state index in [1.54, 1.807) is 42.5 Å². The molecule has 0 unspecified atom stereocenters. The largest absolute Gasteiger partial charge is 0.465 e. The molecule has 1 heterocycles. The van der Waals surface area contributed by atoms with E-state index in [9.17, 15) is 4.79 Å². The molecule has 0 bridgehead atoms. The van der Waals surface area contributed by atoms with Crippen molar-refractivity contribution >= 4 is 11.5 Å². The Kier molecular flexibility index (Phi) is 8.01. The van der Waals surface area contributed by atoms with Gasteiger partial charge in [-0.15, -0.1) is 0 Å². The van der Waals surface area contributed by atoms with Gasteiger partial charge in [0.1, 0.15) is 35.4 Å². The number of carbonyl (C=O) groups is 1. The van der Waals surface area contributed by atoms with E-state index in [1.807, 2.05) is 45.9 Å². The summed E-state index contributed by atoms with van der Waals surface area (Å²) in [6.07, 6.45) is 2.42. The van der Waals surface area contributed by atoms with Gasteiger partial charge in [-0.1, -0.05) is 30.3 Å². The lowest BCUT2D eigenvalue weighted by Crippen LogP contribution is -2.07. The van der Waals surface area contributed by atoms with Crippen molar-refractivity contribution in [2.24, 2.45) is 0 Å². The number of esters is 1. The number of hydrogen-bond donors (Lipinski definition) is 0. The molecule has 4 aromatic rings. The number of nitrogens with zero attached hydrogens (tertiary/aromatic N) is 2. The predicted molar refractivity (Wildman–Crippen MR) is 141 cm³/mol. The maximum absolute atomic E-state index is 15.3. The van der Waals surface area contributed by atoms with Gasteiger partial charge in [0.05, 0.1) is 7.11 Å². The number of rotatable bonds is 8. The van der Waals surface area contributed by atoms with Gasteiger partial charge in [-0.05, 0) is 80.3 Å². The molecule has 194 valence electrons. The van der Waals surface area contributed by atoms with Crippen molar-refractivity contribution in [1.29, 1.82) is 0 Å². The average molecular weight is 515 g/mol. The van der Waals surface area contributed by atoms with Crippen LogP contribution in [-0.2, 0) is 9.53 Å². The van der Waals surface area contributed by atoms with Crippen molar-refractivity contribution in [2.45, 2.75) is 27.7 Å². The van der Waals surface area contributed by atoms with E-state index >= 15 is 4.39 Å². The molecule has 0 atom stereocenters. The van der Waals surface area contributed by atoms with Crippen LogP contribution in [0.1, 0.15) is 27.8 Å². The first-order valence-corrected chi connectivity index (χ1v) is 11.8. The summed E-state index contributed by atoms with van der Waals surface area (Å²) in [4.78, 5) is 20.5. The summed E-state index contributed by atoms with van der Waals surface area (Å²) in [5, 5.41) is 0. The van der Waals surface area contributed by atoms with Gasteiger partial charge in [0.2, 0.25) is 5.82 Å². The first-order chi connectivity index (χ1) is 18.3. The molecule has 0 aliphatic carbocycles. The zero-order chi connectivity index (χ0) is 27.2. The molecule has 3 aromatic carbocycles. The van der Waals surface area contributed by atoms with Gasteiger partial charge in [-0.2, -0.15) is 14.4 Å². The number of carbonyl (C=O) groups excluding carboxylic acids is 1. The predicted octanol–water partition coefficient (Wildman–Crippen LogP) is 7.03. The van der Waals surface area contributed by atoms with Gasteiger partial charge < -0.3 is 18.9 Å². The molecule has 0 saturated heterocycles. The van der Waals surface area contributed by atoms with E-state index in [0.29, 0.717) is 17.1 Å². The van der Waals surface area contributed by atoms with Crippen LogP contribution in [0.4, 0.5) is 4.39 Å². The van der Waals surface area contributed by atoms with Crippen molar-refractivity contribution < 1.29 is 28.1 Å². The molecule has 0 fully saturated rings. The van der Waals surface area contributed by atoms with E-state index in [0.717, 1.165) is 28.6 Å². The van der Waals surface area contributed by atoms with Gasteiger partial charge in [0.25, 0.3) is 11.8 Å². The van der Waals surface area contributed by atoms with Gasteiger partial charge in [0, 0.05) is 5.56 Å². The van der Waals surface area contributed by atoms with Crippen molar-refractivity contribution in [3.8, 4) is 29.0 Å². The Labute approximate surface area is 220 Å². The fraction of sp³-hybridized carbons (Fsp3) is 0.167. The Morgan fingerprint density at radius 3 is 2.05 bits per heavy atom. The Bertz CT molecular complexity index is 1520. The molecule has 38 heavy (non-hydrogen) atoms. The van der Waals surface area contributed by atoms with Crippen molar-refractivity contribution in [2.75, 3.05) is 7.11 Å². The number of hydrogen-bond acceptors (Lipinski definition) is 7. The summed E-state index contributed by atoms with van der Waals surface area (Å²) < 4.78 is 37.5. The number of benzene rings is 3. The lowest BCUT2D eigenvalue weighted by Gasteiger charge is -2.14. The minimum Gasteiger partial charge on any atom is -0.465 e. The summed E-state index contributed by atoms with van der Waals surface area (Å²) in [5.74, 6) is -1.09. The Hall–Kier alpha value is -4.72. The lowest BCUT2D eigenvalue weighted by atomic mass is 10.1. The van der Waals surface area contributed by atoms with E-state index in [1.165, 1.54) is 13.4 Å². The minimum atomic E-state index is -0.893. The number of methoxy groups -OCH3 is 1. The molecule has 4 rings (SSSR count). The highest BCUT2D eigenvalue weighted by molar-refractivity contribution is 6.17. The molecule has 0 amide bonds.